The minimum absolute atomic E-state index is 0.0840. The fourth-order valence-electron chi connectivity index (χ4n) is 3.59. The predicted octanol–water partition coefficient (Wildman–Crippen LogP) is 3.83. The molecule has 4 rings (SSSR count). The third-order valence-corrected chi connectivity index (χ3v) is 5.30. The van der Waals surface area contributed by atoms with Gasteiger partial charge < -0.3 is 9.32 Å². The van der Waals surface area contributed by atoms with Gasteiger partial charge in [0, 0.05) is 30.7 Å². The molecule has 1 saturated heterocycles. The molecule has 0 N–H and O–H groups in total. The first kappa shape index (κ1) is 18.7. The SMILES string of the molecule is Cc1cnn(CC(=O)N2CCC[C@H](c3ncc(Cc4ccc(Cl)cc4)o3)C2)c1. The minimum Gasteiger partial charge on any atom is -0.445 e. The van der Waals surface area contributed by atoms with Crippen LogP contribution in [-0.2, 0) is 17.8 Å². The van der Waals surface area contributed by atoms with E-state index in [-0.39, 0.29) is 18.4 Å². The van der Waals surface area contributed by atoms with Crippen LogP contribution in [0.5, 0.6) is 0 Å². The molecule has 1 aliphatic heterocycles. The topological polar surface area (TPSA) is 64.2 Å². The van der Waals surface area contributed by atoms with Gasteiger partial charge in [0.1, 0.15) is 12.3 Å². The summed E-state index contributed by atoms with van der Waals surface area (Å²) >= 11 is 5.94. The van der Waals surface area contributed by atoms with Gasteiger partial charge in [-0.1, -0.05) is 23.7 Å². The Morgan fingerprint density at radius 2 is 2.11 bits per heavy atom. The van der Waals surface area contributed by atoms with Crippen molar-refractivity contribution >= 4 is 17.5 Å². The van der Waals surface area contributed by atoms with E-state index < -0.39 is 0 Å². The van der Waals surface area contributed by atoms with Crippen LogP contribution in [0.15, 0.2) is 47.3 Å². The average Bonchev–Trinajstić information content (AvgIpc) is 3.33. The summed E-state index contributed by atoms with van der Waals surface area (Å²) in [6.07, 6.45) is 8.04. The molecule has 1 fully saturated rings. The van der Waals surface area contributed by atoms with E-state index in [9.17, 15) is 4.79 Å². The van der Waals surface area contributed by atoms with Gasteiger partial charge >= 0.3 is 0 Å². The first-order valence-corrected chi connectivity index (χ1v) is 9.90. The molecule has 0 radical (unpaired) electrons. The summed E-state index contributed by atoms with van der Waals surface area (Å²) in [5, 5.41) is 4.93. The number of aryl methyl sites for hydroxylation is 1. The Balaban J connectivity index is 1.38. The van der Waals surface area contributed by atoms with Crippen LogP contribution < -0.4 is 0 Å². The van der Waals surface area contributed by atoms with E-state index >= 15 is 0 Å². The molecular weight excluding hydrogens is 376 g/mol. The summed E-state index contributed by atoms with van der Waals surface area (Å²) in [4.78, 5) is 19.0. The first-order chi connectivity index (χ1) is 13.6. The van der Waals surface area contributed by atoms with Crippen molar-refractivity contribution in [1.29, 1.82) is 0 Å². The molecule has 0 unspecified atom stereocenters. The summed E-state index contributed by atoms with van der Waals surface area (Å²) in [5.41, 5.74) is 2.18. The number of amides is 1. The van der Waals surface area contributed by atoms with Crippen molar-refractivity contribution in [3.8, 4) is 0 Å². The quantitative estimate of drug-likeness (QED) is 0.655. The minimum atomic E-state index is 0.0840. The number of hydrogen-bond donors (Lipinski definition) is 0. The second-order valence-corrected chi connectivity index (χ2v) is 7.80. The number of aromatic nitrogens is 3. The number of likely N-dealkylation sites (tertiary alicyclic amines) is 1. The molecule has 6 nitrogen and oxygen atoms in total. The van der Waals surface area contributed by atoms with Gasteiger partial charge in [-0.05, 0) is 43.0 Å². The lowest BCUT2D eigenvalue weighted by Gasteiger charge is -2.31. The van der Waals surface area contributed by atoms with Gasteiger partial charge in [0.05, 0.1) is 18.3 Å². The second-order valence-electron chi connectivity index (χ2n) is 7.36. The average molecular weight is 399 g/mol. The molecule has 0 saturated carbocycles. The fraction of sp³-hybridized carbons (Fsp3) is 0.381. The van der Waals surface area contributed by atoms with Crippen molar-refractivity contribution in [2.24, 2.45) is 0 Å². The Morgan fingerprint density at radius 3 is 2.86 bits per heavy atom. The van der Waals surface area contributed by atoms with Gasteiger partial charge in [0.15, 0.2) is 5.89 Å². The van der Waals surface area contributed by atoms with Crippen LogP contribution in [0.1, 0.15) is 41.5 Å². The number of nitrogens with zero attached hydrogens (tertiary/aromatic N) is 4. The maximum absolute atomic E-state index is 12.6. The number of piperidine rings is 1. The van der Waals surface area contributed by atoms with Crippen molar-refractivity contribution < 1.29 is 9.21 Å². The largest absolute Gasteiger partial charge is 0.445 e. The number of oxazole rings is 1. The lowest BCUT2D eigenvalue weighted by Crippen LogP contribution is -2.41. The second kappa shape index (κ2) is 8.19. The van der Waals surface area contributed by atoms with E-state index in [2.05, 4.69) is 10.1 Å². The van der Waals surface area contributed by atoms with Crippen LogP contribution in [0.4, 0.5) is 0 Å². The number of carbonyl (C=O) groups excluding carboxylic acids is 1. The zero-order valence-electron chi connectivity index (χ0n) is 15.8. The molecule has 0 spiro atoms. The molecule has 0 aliphatic carbocycles. The van der Waals surface area contributed by atoms with Crippen LogP contribution in [0.2, 0.25) is 5.02 Å². The van der Waals surface area contributed by atoms with Crippen LogP contribution in [0, 0.1) is 6.92 Å². The van der Waals surface area contributed by atoms with E-state index in [0.717, 1.165) is 47.2 Å². The first-order valence-electron chi connectivity index (χ1n) is 9.53. The van der Waals surface area contributed by atoms with Crippen LogP contribution in [0.3, 0.4) is 0 Å². The number of carbonyl (C=O) groups is 1. The summed E-state index contributed by atoms with van der Waals surface area (Å²) in [6, 6.07) is 7.73. The zero-order chi connectivity index (χ0) is 19.5. The van der Waals surface area contributed by atoms with Crippen molar-refractivity contribution in [2.75, 3.05) is 13.1 Å². The Labute approximate surface area is 169 Å². The number of benzene rings is 1. The Kier molecular flexibility index (Phi) is 5.48. The van der Waals surface area contributed by atoms with Crippen molar-refractivity contribution in [2.45, 2.75) is 38.6 Å². The summed E-state index contributed by atoms with van der Waals surface area (Å²) < 4.78 is 7.70. The molecule has 146 valence electrons. The van der Waals surface area contributed by atoms with E-state index in [1.807, 2.05) is 42.3 Å². The van der Waals surface area contributed by atoms with Gasteiger partial charge in [-0.3, -0.25) is 9.48 Å². The molecule has 1 amide bonds. The number of hydrogen-bond acceptors (Lipinski definition) is 4. The highest BCUT2D eigenvalue weighted by Gasteiger charge is 2.28. The zero-order valence-corrected chi connectivity index (χ0v) is 16.6. The standard InChI is InChI=1S/C21H23ClN4O2/c1-15-10-24-26(12-15)14-20(27)25-8-2-3-17(13-25)21-23-11-19(28-21)9-16-4-6-18(22)7-5-16/h4-7,10-12,17H,2-3,8-9,13-14H2,1H3/t17-/m0/s1. The maximum Gasteiger partial charge on any atom is 0.244 e. The highest BCUT2D eigenvalue weighted by Crippen LogP contribution is 2.27. The van der Waals surface area contributed by atoms with Crippen LogP contribution >= 0.6 is 11.6 Å². The lowest BCUT2D eigenvalue weighted by molar-refractivity contribution is -0.133. The Bertz CT molecular complexity index is 947. The molecule has 3 heterocycles. The molecule has 1 aromatic carbocycles. The highest BCUT2D eigenvalue weighted by atomic mass is 35.5. The third-order valence-electron chi connectivity index (χ3n) is 5.05. The summed E-state index contributed by atoms with van der Waals surface area (Å²) in [7, 11) is 0. The van der Waals surface area contributed by atoms with Crippen molar-refractivity contribution in [3.63, 3.8) is 0 Å². The van der Waals surface area contributed by atoms with Gasteiger partial charge in [-0.15, -0.1) is 0 Å². The Hall–Kier alpha value is -2.60. The monoisotopic (exact) mass is 398 g/mol. The molecule has 7 heteroatoms. The fourth-order valence-corrected chi connectivity index (χ4v) is 3.72. The van der Waals surface area contributed by atoms with Gasteiger partial charge in [-0.2, -0.15) is 5.10 Å². The maximum atomic E-state index is 12.6. The molecule has 3 aromatic rings. The van der Waals surface area contributed by atoms with Crippen LogP contribution in [0.25, 0.3) is 0 Å². The van der Waals surface area contributed by atoms with Crippen molar-refractivity contribution in [1.82, 2.24) is 19.7 Å². The molecule has 2 aromatic heterocycles. The normalized spacial score (nSPS) is 17.1. The molecule has 0 bridgehead atoms. The number of rotatable bonds is 5. The summed E-state index contributed by atoms with van der Waals surface area (Å²) in [6.45, 7) is 3.65. The van der Waals surface area contributed by atoms with Gasteiger partial charge in [0.25, 0.3) is 0 Å². The smallest absolute Gasteiger partial charge is 0.244 e. The highest BCUT2D eigenvalue weighted by molar-refractivity contribution is 6.30. The van der Waals surface area contributed by atoms with Gasteiger partial charge in [0.2, 0.25) is 5.91 Å². The predicted molar refractivity (Wildman–Crippen MR) is 106 cm³/mol. The van der Waals surface area contributed by atoms with E-state index in [0.29, 0.717) is 13.0 Å². The Morgan fingerprint density at radius 1 is 1.29 bits per heavy atom. The lowest BCUT2D eigenvalue weighted by atomic mass is 9.98. The van der Waals surface area contributed by atoms with E-state index in [1.165, 1.54) is 0 Å². The van der Waals surface area contributed by atoms with Crippen LogP contribution in [-0.4, -0.2) is 38.7 Å². The van der Waals surface area contributed by atoms with Gasteiger partial charge in [-0.25, -0.2) is 4.98 Å². The summed E-state index contributed by atoms with van der Waals surface area (Å²) in [5.74, 6) is 1.76. The van der Waals surface area contributed by atoms with Crippen molar-refractivity contribution in [3.05, 3.63) is 70.7 Å². The van der Waals surface area contributed by atoms with E-state index in [1.54, 1.807) is 17.1 Å². The molecule has 28 heavy (non-hydrogen) atoms. The number of halogens is 1. The molecule has 1 aliphatic rings. The third kappa shape index (κ3) is 4.44. The molecular formula is C21H23ClN4O2. The van der Waals surface area contributed by atoms with E-state index in [4.69, 9.17) is 16.0 Å². The molecule has 1 atom stereocenters.